The molecule has 1 aromatic rings. The van der Waals surface area contributed by atoms with Gasteiger partial charge in [0.15, 0.2) is 6.10 Å². The highest BCUT2D eigenvalue weighted by atomic mass is 35.5. The lowest BCUT2D eigenvalue weighted by molar-refractivity contribution is -0.129. The van der Waals surface area contributed by atoms with Gasteiger partial charge in [-0.15, -0.1) is 0 Å². The van der Waals surface area contributed by atoms with Gasteiger partial charge in [-0.2, -0.15) is 0 Å². The minimum Gasteiger partial charge on any atom is -0.481 e. The summed E-state index contributed by atoms with van der Waals surface area (Å²) in [5.74, 6) is 0.355. The average molecular weight is 331 g/mol. The normalized spacial score (nSPS) is 18.3. The van der Waals surface area contributed by atoms with Gasteiger partial charge in [0.25, 0.3) is 5.91 Å². The zero-order valence-electron chi connectivity index (χ0n) is 12.0. The first-order chi connectivity index (χ1) is 9.96. The second kappa shape index (κ2) is 6.86. The molecule has 116 valence electrons. The summed E-state index contributed by atoms with van der Waals surface area (Å²) in [5, 5.41) is 3.89. The van der Waals surface area contributed by atoms with Gasteiger partial charge >= 0.3 is 0 Å². The largest absolute Gasteiger partial charge is 0.481 e. The fourth-order valence-electron chi connectivity index (χ4n) is 2.60. The molecule has 6 heteroatoms. The van der Waals surface area contributed by atoms with Gasteiger partial charge in [-0.3, -0.25) is 4.79 Å². The molecule has 0 aliphatic heterocycles. The van der Waals surface area contributed by atoms with E-state index in [9.17, 15) is 4.79 Å². The third-order valence-corrected chi connectivity index (χ3v) is 4.65. The Hall–Kier alpha value is -0.970. The molecule has 0 radical (unpaired) electrons. The van der Waals surface area contributed by atoms with Gasteiger partial charge < -0.3 is 15.8 Å². The van der Waals surface area contributed by atoms with Crippen molar-refractivity contribution in [2.75, 3.05) is 6.54 Å². The van der Waals surface area contributed by atoms with Crippen LogP contribution in [0.3, 0.4) is 0 Å². The van der Waals surface area contributed by atoms with E-state index in [1.165, 1.54) is 0 Å². The summed E-state index contributed by atoms with van der Waals surface area (Å²) in [6.45, 7) is 2.16. The molecule has 1 aliphatic carbocycles. The highest BCUT2D eigenvalue weighted by Crippen LogP contribution is 2.29. The summed E-state index contributed by atoms with van der Waals surface area (Å²) in [4.78, 5) is 12.3. The molecule has 1 aromatic carbocycles. The summed E-state index contributed by atoms with van der Waals surface area (Å²) in [7, 11) is 0. The van der Waals surface area contributed by atoms with Crippen LogP contribution in [0.5, 0.6) is 5.75 Å². The third-order valence-electron chi connectivity index (χ3n) is 3.91. The number of carbonyl (C=O) groups excluding carboxylic acids is 1. The molecule has 0 spiro atoms. The van der Waals surface area contributed by atoms with Crippen LogP contribution in [0.1, 0.15) is 32.6 Å². The molecule has 1 amide bonds. The SMILES string of the molecule is CC(Oc1ccc(Cl)c(Cl)c1)C(=O)NC1(CN)CCCC1. The van der Waals surface area contributed by atoms with Gasteiger partial charge in [-0.05, 0) is 31.9 Å². The summed E-state index contributed by atoms with van der Waals surface area (Å²) in [6.07, 6.45) is 3.42. The minimum absolute atomic E-state index is 0.159. The number of carbonyl (C=O) groups is 1. The predicted molar refractivity (Wildman–Crippen MR) is 84.9 cm³/mol. The van der Waals surface area contributed by atoms with Crippen LogP contribution in [-0.2, 0) is 4.79 Å². The van der Waals surface area contributed by atoms with Gasteiger partial charge in [0.2, 0.25) is 0 Å². The zero-order valence-corrected chi connectivity index (χ0v) is 13.5. The van der Waals surface area contributed by atoms with E-state index in [-0.39, 0.29) is 11.4 Å². The standard InChI is InChI=1S/C15H20Cl2N2O2/c1-10(21-11-4-5-12(16)13(17)8-11)14(20)19-15(9-18)6-2-3-7-15/h4-5,8,10H,2-3,6-7,9,18H2,1H3,(H,19,20). The maximum atomic E-state index is 12.3. The lowest BCUT2D eigenvalue weighted by atomic mass is 9.97. The maximum Gasteiger partial charge on any atom is 0.261 e. The summed E-state index contributed by atoms with van der Waals surface area (Å²) < 4.78 is 5.62. The third kappa shape index (κ3) is 4.02. The van der Waals surface area contributed by atoms with Crippen LogP contribution < -0.4 is 15.8 Å². The number of halogens is 2. The van der Waals surface area contributed by atoms with Crippen molar-refractivity contribution in [2.45, 2.75) is 44.2 Å². The Balaban J connectivity index is 1.97. The van der Waals surface area contributed by atoms with Crippen molar-refractivity contribution in [1.29, 1.82) is 0 Å². The smallest absolute Gasteiger partial charge is 0.261 e. The van der Waals surface area contributed by atoms with Gasteiger partial charge in [0, 0.05) is 12.6 Å². The van der Waals surface area contributed by atoms with Crippen LogP contribution in [-0.4, -0.2) is 24.1 Å². The predicted octanol–water partition coefficient (Wildman–Crippen LogP) is 3.15. The number of hydrogen-bond acceptors (Lipinski definition) is 3. The number of rotatable bonds is 5. The summed E-state index contributed by atoms with van der Waals surface area (Å²) in [6, 6.07) is 4.93. The molecule has 2 rings (SSSR count). The van der Waals surface area contributed by atoms with Crippen LogP contribution >= 0.6 is 23.2 Å². The van der Waals surface area contributed by atoms with Crippen LogP contribution in [0, 0.1) is 0 Å². The quantitative estimate of drug-likeness (QED) is 0.871. The monoisotopic (exact) mass is 330 g/mol. The van der Waals surface area contributed by atoms with Crippen LogP contribution in [0.4, 0.5) is 0 Å². The fourth-order valence-corrected chi connectivity index (χ4v) is 2.89. The topological polar surface area (TPSA) is 64.3 Å². The van der Waals surface area contributed by atoms with Crippen molar-refractivity contribution < 1.29 is 9.53 Å². The molecule has 4 nitrogen and oxygen atoms in total. The Morgan fingerprint density at radius 3 is 2.62 bits per heavy atom. The molecule has 1 unspecified atom stereocenters. The van der Waals surface area contributed by atoms with Crippen LogP contribution in [0.2, 0.25) is 10.0 Å². The maximum absolute atomic E-state index is 12.3. The van der Waals surface area contributed by atoms with E-state index < -0.39 is 6.10 Å². The molecule has 1 aliphatic rings. The molecular formula is C15H20Cl2N2O2. The van der Waals surface area contributed by atoms with Crippen LogP contribution in [0.15, 0.2) is 18.2 Å². The Kier molecular flexibility index (Phi) is 5.36. The first-order valence-electron chi connectivity index (χ1n) is 7.09. The number of nitrogens with one attached hydrogen (secondary N) is 1. The second-order valence-corrected chi connectivity index (χ2v) is 6.33. The van der Waals surface area contributed by atoms with Gasteiger partial charge in [-0.1, -0.05) is 36.0 Å². The molecule has 1 saturated carbocycles. The first-order valence-corrected chi connectivity index (χ1v) is 7.85. The van der Waals surface area contributed by atoms with E-state index in [2.05, 4.69) is 5.32 Å². The van der Waals surface area contributed by atoms with Crippen LogP contribution in [0.25, 0.3) is 0 Å². The molecule has 0 saturated heterocycles. The zero-order chi connectivity index (χ0) is 15.5. The Morgan fingerprint density at radius 2 is 2.05 bits per heavy atom. The number of hydrogen-bond donors (Lipinski definition) is 2. The number of amides is 1. The van der Waals surface area contributed by atoms with Crippen molar-refractivity contribution >= 4 is 29.1 Å². The lowest BCUT2D eigenvalue weighted by Gasteiger charge is -2.30. The lowest BCUT2D eigenvalue weighted by Crippen LogP contribution is -2.54. The Bertz CT molecular complexity index is 516. The van der Waals surface area contributed by atoms with Gasteiger partial charge in [-0.25, -0.2) is 0 Å². The molecule has 0 heterocycles. The first kappa shape index (κ1) is 16.4. The number of benzene rings is 1. The van der Waals surface area contributed by atoms with Crippen molar-refractivity contribution in [1.82, 2.24) is 5.32 Å². The van der Waals surface area contributed by atoms with Gasteiger partial charge in [0.05, 0.1) is 15.6 Å². The Morgan fingerprint density at radius 1 is 1.38 bits per heavy atom. The average Bonchev–Trinajstić information content (AvgIpc) is 2.92. The van der Waals surface area contributed by atoms with E-state index in [4.69, 9.17) is 33.7 Å². The molecule has 3 N–H and O–H groups in total. The van der Waals surface area contributed by atoms with E-state index in [0.29, 0.717) is 22.3 Å². The number of nitrogens with two attached hydrogens (primary N) is 1. The highest BCUT2D eigenvalue weighted by molar-refractivity contribution is 6.42. The van der Waals surface area contributed by atoms with Gasteiger partial charge in [0.1, 0.15) is 5.75 Å². The van der Waals surface area contributed by atoms with Crippen molar-refractivity contribution in [3.8, 4) is 5.75 Å². The highest BCUT2D eigenvalue weighted by Gasteiger charge is 2.35. The summed E-state index contributed by atoms with van der Waals surface area (Å²) >= 11 is 11.8. The van der Waals surface area contributed by atoms with E-state index >= 15 is 0 Å². The molecule has 0 aromatic heterocycles. The molecule has 1 fully saturated rings. The van der Waals surface area contributed by atoms with E-state index in [0.717, 1.165) is 25.7 Å². The molecular weight excluding hydrogens is 311 g/mol. The molecule has 1 atom stereocenters. The fraction of sp³-hybridized carbons (Fsp3) is 0.533. The number of ether oxygens (including phenoxy) is 1. The molecule has 0 bridgehead atoms. The van der Waals surface area contributed by atoms with Crippen molar-refractivity contribution in [3.63, 3.8) is 0 Å². The summed E-state index contributed by atoms with van der Waals surface area (Å²) in [5.41, 5.74) is 5.55. The van der Waals surface area contributed by atoms with E-state index in [1.807, 2.05) is 0 Å². The minimum atomic E-state index is -0.619. The van der Waals surface area contributed by atoms with Crippen molar-refractivity contribution in [2.24, 2.45) is 5.73 Å². The van der Waals surface area contributed by atoms with E-state index in [1.54, 1.807) is 25.1 Å². The van der Waals surface area contributed by atoms with Crippen molar-refractivity contribution in [3.05, 3.63) is 28.2 Å². The Labute approximate surface area is 134 Å². The second-order valence-electron chi connectivity index (χ2n) is 5.52. The molecule has 21 heavy (non-hydrogen) atoms.